The summed E-state index contributed by atoms with van der Waals surface area (Å²) in [6.07, 6.45) is 1.62. The molecule has 3 heterocycles. The van der Waals surface area contributed by atoms with E-state index < -0.39 is 5.91 Å². The number of para-hydroxylation sites is 1. The van der Waals surface area contributed by atoms with Crippen LogP contribution in [0.1, 0.15) is 10.6 Å². The van der Waals surface area contributed by atoms with Crippen molar-refractivity contribution >= 4 is 34.3 Å². The first kappa shape index (κ1) is 23.5. The second-order valence-corrected chi connectivity index (χ2v) is 9.23. The highest BCUT2D eigenvalue weighted by Gasteiger charge is 2.21. The highest BCUT2D eigenvalue weighted by molar-refractivity contribution is 7.17. The van der Waals surface area contributed by atoms with E-state index in [4.69, 9.17) is 9.72 Å². The first-order valence-corrected chi connectivity index (χ1v) is 12.4. The van der Waals surface area contributed by atoms with Gasteiger partial charge in [0.1, 0.15) is 17.5 Å². The van der Waals surface area contributed by atoms with Crippen LogP contribution in [0.3, 0.4) is 0 Å². The Labute approximate surface area is 213 Å². The third kappa shape index (κ3) is 5.05. The summed E-state index contributed by atoms with van der Waals surface area (Å²) in [5, 5.41) is 18.1. The van der Waals surface area contributed by atoms with E-state index in [1.165, 1.54) is 11.3 Å². The molecule has 36 heavy (non-hydrogen) atoms. The molecule has 0 aliphatic carbocycles. The van der Waals surface area contributed by atoms with Crippen molar-refractivity contribution in [1.82, 2.24) is 14.8 Å². The molecule has 1 aliphatic rings. The van der Waals surface area contributed by atoms with E-state index in [0.717, 1.165) is 45.7 Å². The third-order valence-corrected chi connectivity index (χ3v) is 6.75. The average molecular weight is 497 g/mol. The van der Waals surface area contributed by atoms with Crippen LogP contribution in [0.2, 0.25) is 0 Å². The zero-order valence-electron chi connectivity index (χ0n) is 19.7. The Morgan fingerprint density at radius 1 is 1.11 bits per heavy atom. The van der Waals surface area contributed by atoms with E-state index in [-0.39, 0.29) is 5.57 Å². The van der Waals surface area contributed by atoms with E-state index in [0.29, 0.717) is 19.0 Å². The number of nitrogens with one attached hydrogen (secondary N) is 1. The van der Waals surface area contributed by atoms with Crippen LogP contribution in [-0.2, 0) is 9.53 Å². The summed E-state index contributed by atoms with van der Waals surface area (Å²) in [4.78, 5) is 21.0. The van der Waals surface area contributed by atoms with Crippen molar-refractivity contribution in [2.24, 2.45) is 0 Å². The Morgan fingerprint density at radius 2 is 1.81 bits per heavy atom. The highest BCUT2D eigenvalue weighted by Crippen LogP contribution is 2.35. The van der Waals surface area contributed by atoms with Crippen molar-refractivity contribution in [3.05, 3.63) is 82.9 Å². The standard InChI is InChI=1S/C27H24N6O2S/c1-19-16-24(33(31-19)22-10-6-3-7-11-22)29-26(34)21(18-28)17-23-25(20-8-4-2-5-9-20)30-27(36-23)32-12-14-35-15-13-32/h2-11,16-17H,12-15H2,1H3,(H,29,34)/b21-17+. The fourth-order valence-electron chi connectivity index (χ4n) is 3.93. The van der Waals surface area contributed by atoms with Crippen LogP contribution in [0.4, 0.5) is 10.9 Å². The minimum absolute atomic E-state index is 0.0113. The fraction of sp³-hybridized carbons (Fsp3) is 0.185. The van der Waals surface area contributed by atoms with Crippen LogP contribution < -0.4 is 10.2 Å². The summed E-state index contributed by atoms with van der Waals surface area (Å²) >= 11 is 1.47. The predicted molar refractivity (Wildman–Crippen MR) is 141 cm³/mol. The van der Waals surface area contributed by atoms with Gasteiger partial charge in [-0.05, 0) is 25.1 Å². The van der Waals surface area contributed by atoms with Gasteiger partial charge in [-0.1, -0.05) is 59.9 Å². The summed E-state index contributed by atoms with van der Waals surface area (Å²) in [6, 6.07) is 23.2. The number of carbonyl (C=O) groups excluding carboxylic acids is 1. The van der Waals surface area contributed by atoms with Crippen molar-refractivity contribution in [2.75, 3.05) is 36.5 Å². The number of morpholine rings is 1. The first-order chi connectivity index (χ1) is 17.6. The number of anilines is 2. The van der Waals surface area contributed by atoms with Crippen molar-refractivity contribution in [2.45, 2.75) is 6.92 Å². The van der Waals surface area contributed by atoms with Gasteiger partial charge in [-0.25, -0.2) is 9.67 Å². The monoisotopic (exact) mass is 496 g/mol. The van der Waals surface area contributed by atoms with Crippen molar-refractivity contribution in [3.8, 4) is 23.0 Å². The van der Waals surface area contributed by atoms with Gasteiger partial charge in [0.2, 0.25) is 0 Å². The number of thiazole rings is 1. The van der Waals surface area contributed by atoms with Gasteiger partial charge in [0.25, 0.3) is 5.91 Å². The fourth-order valence-corrected chi connectivity index (χ4v) is 5.01. The van der Waals surface area contributed by atoms with Crippen molar-refractivity contribution in [3.63, 3.8) is 0 Å². The van der Waals surface area contributed by atoms with Crippen LogP contribution >= 0.6 is 11.3 Å². The van der Waals surface area contributed by atoms with Crippen LogP contribution in [0.15, 0.2) is 72.3 Å². The maximum absolute atomic E-state index is 13.2. The predicted octanol–water partition coefficient (Wildman–Crippen LogP) is 4.69. The van der Waals surface area contributed by atoms with Gasteiger partial charge in [-0.2, -0.15) is 10.4 Å². The van der Waals surface area contributed by atoms with Crippen LogP contribution in [0, 0.1) is 18.3 Å². The van der Waals surface area contributed by atoms with Gasteiger partial charge in [-0.3, -0.25) is 4.79 Å². The third-order valence-electron chi connectivity index (χ3n) is 5.69. The molecule has 0 unspecified atom stereocenters. The molecule has 2 aromatic heterocycles. The number of nitriles is 1. The summed E-state index contributed by atoms with van der Waals surface area (Å²) in [7, 11) is 0. The number of benzene rings is 2. The second-order valence-electron chi connectivity index (χ2n) is 8.22. The summed E-state index contributed by atoms with van der Waals surface area (Å²) in [5.41, 5.74) is 3.22. The molecule has 1 N–H and O–H groups in total. The zero-order chi connectivity index (χ0) is 24.9. The molecule has 0 bridgehead atoms. The molecule has 1 amide bonds. The lowest BCUT2D eigenvalue weighted by Crippen LogP contribution is -2.36. The minimum Gasteiger partial charge on any atom is -0.378 e. The normalized spacial score (nSPS) is 13.9. The molecule has 5 rings (SSSR count). The number of hydrogen-bond acceptors (Lipinski definition) is 7. The SMILES string of the molecule is Cc1cc(NC(=O)/C(C#N)=C/c2sc(N3CCOCC3)nc2-c2ccccc2)n(-c2ccccc2)n1. The number of hydrogen-bond donors (Lipinski definition) is 1. The molecule has 1 fully saturated rings. The maximum Gasteiger partial charge on any atom is 0.267 e. The Bertz CT molecular complexity index is 1430. The topological polar surface area (TPSA) is 96.1 Å². The van der Waals surface area contributed by atoms with Gasteiger partial charge >= 0.3 is 0 Å². The molecule has 180 valence electrons. The molecule has 0 saturated carbocycles. The number of rotatable bonds is 6. The number of amides is 1. The molecule has 1 saturated heterocycles. The number of ether oxygens (including phenoxy) is 1. The number of nitrogens with zero attached hydrogens (tertiary/aromatic N) is 5. The van der Waals surface area contributed by atoms with Gasteiger partial charge < -0.3 is 15.0 Å². The average Bonchev–Trinajstić information content (AvgIpc) is 3.52. The molecule has 4 aromatic rings. The molecule has 2 aromatic carbocycles. The largest absolute Gasteiger partial charge is 0.378 e. The number of carbonyl (C=O) groups is 1. The van der Waals surface area contributed by atoms with Gasteiger partial charge in [0.05, 0.1) is 35.2 Å². The van der Waals surface area contributed by atoms with E-state index in [1.54, 1.807) is 16.8 Å². The lowest BCUT2D eigenvalue weighted by Gasteiger charge is -2.26. The van der Waals surface area contributed by atoms with Gasteiger partial charge in [0, 0.05) is 24.7 Å². The molecular weight excluding hydrogens is 472 g/mol. The number of aromatic nitrogens is 3. The van der Waals surface area contributed by atoms with E-state index in [9.17, 15) is 10.1 Å². The highest BCUT2D eigenvalue weighted by atomic mass is 32.1. The minimum atomic E-state index is -0.505. The number of aryl methyl sites for hydroxylation is 1. The molecule has 9 heteroatoms. The lowest BCUT2D eigenvalue weighted by molar-refractivity contribution is -0.112. The Kier molecular flexibility index (Phi) is 6.89. The zero-order valence-corrected chi connectivity index (χ0v) is 20.5. The maximum atomic E-state index is 13.2. The molecule has 8 nitrogen and oxygen atoms in total. The lowest BCUT2D eigenvalue weighted by atomic mass is 10.1. The second kappa shape index (κ2) is 10.6. The quantitative estimate of drug-likeness (QED) is 0.307. The van der Waals surface area contributed by atoms with Gasteiger partial charge in [0.15, 0.2) is 5.13 Å². The summed E-state index contributed by atoms with van der Waals surface area (Å²) in [5.74, 6) is -0.0126. The molecule has 1 aliphatic heterocycles. The van der Waals surface area contributed by atoms with Gasteiger partial charge in [-0.15, -0.1) is 0 Å². The Balaban J connectivity index is 1.48. The van der Waals surface area contributed by atoms with Crippen molar-refractivity contribution < 1.29 is 9.53 Å². The van der Waals surface area contributed by atoms with E-state index in [1.807, 2.05) is 67.6 Å². The van der Waals surface area contributed by atoms with Crippen LogP contribution in [0.25, 0.3) is 23.0 Å². The van der Waals surface area contributed by atoms with Crippen molar-refractivity contribution in [1.29, 1.82) is 5.26 Å². The molecule has 0 radical (unpaired) electrons. The molecular formula is C27H24N6O2S. The Morgan fingerprint density at radius 3 is 2.50 bits per heavy atom. The van der Waals surface area contributed by atoms with Crippen LogP contribution in [-0.4, -0.2) is 47.0 Å². The molecule has 0 spiro atoms. The Hall–Kier alpha value is -4.26. The van der Waals surface area contributed by atoms with E-state index in [2.05, 4.69) is 21.4 Å². The smallest absolute Gasteiger partial charge is 0.267 e. The first-order valence-electron chi connectivity index (χ1n) is 11.6. The molecule has 0 atom stereocenters. The van der Waals surface area contributed by atoms with E-state index >= 15 is 0 Å². The summed E-state index contributed by atoms with van der Waals surface area (Å²) < 4.78 is 7.13. The van der Waals surface area contributed by atoms with Crippen LogP contribution in [0.5, 0.6) is 0 Å². The summed E-state index contributed by atoms with van der Waals surface area (Å²) in [6.45, 7) is 4.64.